The van der Waals surface area contributed by atoms with Crippen LogP contribution in [0.15, 0.2) is 18.3 Å². The van der Waals surface area contributed by atoms with Crippen LogP contribution in [0.2, 0.25) is 0 Å². The third kappa shape index (κ3) is 3.22. The molecule has 1 aliphatic heterocycles. The first-order valence-corrected chi connectivity index (χ1v) is 6.67. The zero-order chi connectivity index (χ0) is 13.0. The zero-order valence-corrected chi connectivity index (χ0v) is 10.9. The molecule has 2 rings (SSSR count). The summed E-state index contributed by atoms with van der Waals surface area (Å²) >= 11 is 0. The van der Waals surface area contributed by atoms with Crippen molar-refractivity contribution in [3.63, 3.8) is 0 Å². The lowest BCUT2D eigenvalue weighted by Crippen LogP contribution is -2.29. The first-order valence-electron chi connectivity index (χ1n) is 6.67. The van der Waals surface area contributed by atoms with E-state index in [0.717, 1.165) is 24.9 Å². The van der Waals surface area contributed by atoms with Gasteiger partial charge in [-0.25, -0.2) is 4.98 Å². The van der Waals surface area contributed by atoms with E-state index in [-0.39, 0.29) is 5.91 Å². The van der Waals surface area contributed by atoms with Crippen molar-refractivity contribution in [1.29, 1.82) is 0 Å². The SMILES string of the molecule is CCC1CCC(=O)N(Cc2ccnc(N)c2)CC1. The molecule has 4 heteroatoms. The number of likely N-dealkylation sites (tertiary alicyclic amines) is 1. The number of anilines is 1. The molecule has 0 radical (unpaired) electrons. The quantitative estimate of drug-likeness (QED) is 0.890. The van der Waals surface area contributed by atoms with Gasteiger partial charge < -0.3 is 10.6 Å². The average Bonchev–Trinajstić information content (AvgIpc) is 2.53. The number of carbonyl (C=O) groups excluding carboxylic acids is 1. The van der Waals surface area contributed by atoms with Crippen LogP contribution in [-0.4, -0.2) is 22.3 Å². The Morgan fingerprint density at radius 1 is 1.50 bits per heavy atom. The van der Waals surface area contributed by atoms with Gasteiger partial charge in [0.1, 0.15) is 5.82 Å². The molecule has 1 saturated heterocycles. The van der Waals surface area contributed by atoms with Gasteiger partial charge in [0, 0.05) is 25.7 Å². The van der Waals surface area contributed by atoms with Crippen LogP contribution in [0.4, 0.5) is 5.82 Å². The van der Waals surface area contributed by atoms with Crippen molar-refractivity contribution in [2.45, 2.75) is 39.2 Å². The van der Waals surface area contributed by atoms with Gasteiger partial charge in [0.05, 0.1) is 0 Å². The Morgan fingerprint density at radius 3 is 3.06 bits per heavy atom. The maximum absolute atomic E-state index is 12.0. The van der Waals surface area contributed by atoms with Gasteiger partial charge in [0.15, 0.2) is 0 Å². The van der Waals surface area contributed by atoms with Crippen molar-refractivity contribution in [1.82, 2.24) is 9.88 Å². The van der Waals surface area contributed by atoms with Crippen LogP contribution in [-0.2, 0) is 11.3 Å². The van der Waals surface area contributed by atoms with Gasteiger partial charge in [0.25, 0.3) is 0 Å². The molecule has 2 heterocycles. The fraction of sp³-hybridized carbons (Fsp3) is 0.571. The second-order valence-electron chi connectivity index (χ2n) is 5.01. The third-order valence-corrected chi connectivity index (χ3v) is 3.72. The minimum atomic E-state index is 0.265. The van der Waals surface area contributed by atoms with Gasteiger partial charge >= 0.3 is 0 Å². The highest BCUT2D eigenvalue weighted by Gasteiger charge is 2.21. The first-order chi connectivity index (χ1) is 8.69. The van der Waals surface area contributed by atoms with Crippen LogP contribution >= 0.6 is 0 Å². The number of rotatable bonds is 3. The third-order valence-electron chi connectivity index (χ3n) is 3.72. The highest BCUT2D eigenvalue weighted by molar-refractivity contribution is 5.76. The minimum absolute atomic E-state index is 0.265. The summed E-state index contributed by atoms with van der Waals surface area (Å²) < 4.78 is 0. The lowest BCUT2D eigenvalue weighted by molar-refractivity contribution is -0.131. The number of hydrogen-bond acceptors (Lipinski definition) is 3. The van der Waals surface area contributed by atoms with Crippen LogP contribution < -0.4 is 5.73 Å². The number of nitrogens with two attached hydrogens (primary N) is 1. The molecule has 1 amide bonds. The normalized spacial score (nSPS) is 20.8. The topological polar surface area (TPSA) is 59.2 Å². The smallest absolute Gasteiger partial charge is 0.222 e. The van der Waals surface area contributed by atoms with Gasteiger partial charge in [0.2, 0.25) is 5.91 Å². The Balaban J connectivity index is 2.01. The molecule has 0 spiro atoms. The van der Waals surface area contributed by atoms with Crippen LogP contribution in [0.5, 0.6) is 0 Å². The molecule has 2 N–H and O–H groups in total. The Morgan fingerprint density at radius 2 is 2.33 bits per heavy atom. The van der Waals surface area contributed by atoms with Crippen molar-refractivity contribution in [3.05, 3.63) is 23.9 Å². The molecule has 1 aliphatic rings. The molecule has 18 heavy (non-hydrogen) atoms. The number of nitrogen functional groups attached to an aromatic ring is 1. The van der Waals surface area contributed by atoms with Crippen LogP contribution in [0.3, 0.4) is 0 Å². The molecule has 0 saturated carbocycles. The van der Waals surface area contributed by atoms with E-state index < -0.39 is 0 Å². The molecule has 0 aliphatic carbocycles. The molecule has 1 unspecified atom stereocenters. The van der Waals surface area contributed by atoms with Crippen molar-refractivity contribution in [2.75, 3.05) is 12.3 Å². The number of pyridine rings is 1. The fourth-order valence-corrected chi connectivity index (χ4v) is 2.48. The summed E-state index contributed by atoms with van der Waals surface area (Å²) in [7, 11) is 0. The number of nitrogens with zero attached hydrogens (tertiary/aromatic N) is 2. The molecule has 0 bridgehead atoms. The van der Waals surface area contributed by atoms with E-state index in [2.05, 4.69) is 11.9 Å². The summed E-state index contributed by atoms with van der Waals surface area (Å²) in [4.78, 5) is 18.0. The molecule has 1 aromatic rings. The standard InChI is InChI=1S/C14H21N3O/c1-2-11-3-4-14(18)17(8-6-11)10-12-5-7-16-13(15)9-12/h5,7,9,11H,2-4,6,8,10H2,1H3,(H2,15,16). The molecule has 1 fully saturated rings. The molecule has 4 nitrogen and oxygen atoms in total. The molecular formula is C14H21N3O. The Kier molecular flexibility index (Phi) is 4.18. The minimum Gasteiger partial charge on any atom is -0.384 e. The number of hydrogen-bond donors (Lipinski definition) is 1. The van der Waals surface area contributed by atoms with Gasteiger partial charge in [-0.15, -0.1) is 0 Å². The van der Waals surface area contributed by atoms with Crippen molar-refractivity contribution >= 4 is 11.7 Å². The Labute approximate surface area is 108 Å². The largest absolute Gasteiger partial charge is 0.384 e. The Bertz CT molecular complexity index is 419. The molecule has 1 aromatic heterocycles. The molecule has 0 aromatic carbocycles. The van der Waals surface area contributed by atoms with Crippen LogP contribution in [0.25, 0.3) is 0 Å². The number of aromatic nitrogens is 1. The zero-order valence-electron chi connectivity index (χ0n) is 10.9. The summed E-state index contributed by atoms with van der Waals surface area (Å²) in [6.45, 7) is 3.72. The highest BCUT2D eigenvalue weighted by Crippen LogP contribution is 2.22. The van der Waals surface area contributed by atoms with Crippen molar-refractivity contribution in [3.8, 4) is 0 Å². The van der Waals surface area contributed by atoms with Crippen LogP contribution in [0.1, 0.15) is 38.2 Å². The van der Waals surface area contributed by atoms with Gasteiger partial charge in [-0.2, -0.15) is 0 Å². The van der Waals surface area contributed by atoms with Gasteiger partial charge in [-0.1, -0.05) is 13.3 Å². The maximum Gasteiger partial charge on any atom is 0.222 e. The fourth-order valence-electron chi connectivity index (χ4n) is 2.48. The van der Waals surface area contributed by atoms with E-state index in [1.807, 2.05) is 17.0 Å². The summed E-state index contributed by atoms with van der Waals surface area (Å²) in [5.41, 5.74) is 6.72. The Hall–Kier alpha value is -1.58. The molecule has 1 atom stereocenters. The number of carbonyl (C=O) groups is 1. The van der Waals surface area contributed by atoms with Crippen molar-refractivity contribution < 1.29 is 4.79 Å². The summed E-state index contributed by atoms with van der Waals surface area (Å²) in [5, 5.41) is 0. The van der Waals surface area contributed by atoms with E-state index in [9.17, 15) is 4.79 Å². The highest BCUT2D eigenvalue weighted by atomic mass is 16.2. The second-order valence-corrected chi connectivity index (χ2v) is 5.01. The summed E-state index contributed by atoms with van der Waals surface area (Å²) in [6, 6.07) is 3.77. The van der Waals surface area contributed by atoms with E-state index in [4.69, 9.17) is 5.73 Å². The van der Waals surface area contributed by atoms with E-state index in [1.165, 1.54) is 6.42 Å². The monoisotopic (exact) mass is 247 g/mol. The lowest BCUT2D eigenvalue weighted by Gasteiger charge is -2.21. The van der Waals surface area contributed by atoms with Gasteiger partial charge in [-0.05, 0) is 36.5 Å². The predicted molar refractivity (Wildman–Crippen MR) is 71.7 cm³/mol. The second kappa shape index (κ2) is 5.85. The van der Waals surface area contributed by atoms with E-state index in [1.54, 1.807) is 6.20 Å². The summed E-state index contributed by atoms with van der Waals surface area (Å²) in [6.07, 6.45) is 5.69. The van der Waals surface area contributed by atoms with E-state index >= 15 is 0 Å². The first kappa shape index (κ1) is 12.9. The lowest BCUT2D eigenvalue weighted by atomic mass is 9.98. The van der Waals surface area contributed by atoms with E-state index in [0.29, 0.717) is 24.7 Å². The number of amides is 1. The summed E-state index contributed by atoms with van der Waals surface area (Å²) in [5.74, 6) is 1.48. The van der Waals surface area contributed by atoms with Crippen molar-refractivity contribution in [2.24, 2.45) is 5.92 Å². The van der Waals surface area contributed by atoms with Crippen LogP contribution in [0, 0.1) is 5.92 Å². The van der Waals surface area contributed by atoms with Gasteiger partial charge in [-0.3, -0.25) is 4.79 Å². The maximum atomic E-state index is 12.0. The predicted octanol–water partition coefficient (Wildman–Crippen LogP) is 2.20. The average molecular weight is 247 g/mol. The molecular weight excluding hydrogens is 226 g/mol. The molecule has 98 valence electrons.